The van der Waals surface area contributed by atoms with Gasteiger partial charge in [-0.2, -0.15) is 8.42 Å². The lowest BCUT2D eigenvalue weighted by Gasteiger charge is -2.30. The third-order valence-corrected chi connectivity index (χ3v) is 11.1. The Balaban J connectivity index is 1.30. The van der Waals surface area contributed by atoms with Crippen molar-refractivity contribution in [2.24, 2.45) is 5.92 Å². The zero-order chi connectivity index (χ0) is 38.2. The highest BCUT2D eigenvalue weighted by molar-refractivity contribution is 7.85. The molecule has 1 saturated heterocycles. The van der Waals surface area contributed by atoms with Gasteiger partial charge in [-0.3, -0.25) is 14.4 Å². The van der Waals surface area contributed by atoms with Gasteiger partial charge in [0.15, 0.2) is 0 Å². The number of hydrogen-bond acceptors (Lipinski definition) is 11. The second-order valence-corrected chi connectivity index (χ2v) is 16.9. The predicted octanol–water partition coefficient (Wildman–Crippen LogP) is 3.81. The first-order valence-electron chi connectivity index (χ1n) is 18.2. The molecule has 4 amide bonds. The minimum atomic E-state index is -4.47. The van der Waals surface area contributed by atoms with Crippen LogP contribution < -0.4 is 24.8 Å². The van der Waals surface area contributed by atoms with Crippen molar-refractivity contribution in [2.75, 3.05) is 13.7 Å². The predicted molar refractivity (Wildman–Crippen MR) is 193 cm³/mol. The highest BCUT2D eigenvalue weighted by atomic mass is 32.2. The molecule has 288 valence electrons. The van der Waals surface area contributed by atoms with E-state index >= 15 is 0 Å². The minimum Gasteiger partial charge on any atom is -0.497 e. The van der Waals surface area contributed by atoms with Crippen LogP contribution in [0.3, 0.4) is 0 Å². The van der Waals surface area contributed by atoms with Gasteiger partial charge in [0.2, 0.25) is 17.7 Å². The van der Waals surface area contributed by atoms with Crippen LogP contribution in [0.1, 0.15) is 85.5 Å². The van der Waals surface area contributed by atoms with Gasteiger partial charge in [0.05, 0.1) is 19.3 Å². The van der Waals surface area contributed by atoms with Gasteiger partial charge >= 0.3 is 16.4 Å². The van der Waals surface area contributed by atoms with Crippen molar-refractivity contribution in [1.29, 1.82) is 0 Å². The van der Waals surface area contributed by atoms with Crippen LogP contribution in [0.2, 0.25) is 0 Å². The SMILES string of the molecule is COc1ccc2c(O[C@@H]3C[C@H]4C(=O)N[C@]5(C(=O)NS(=O)(=O)OC6(C)CC6)C[C@@H]5/C=C\CCCCC[C@H](NC(=O)OC(C)(C)C)C(=O)N4C3)nccc2c1. The molecule has 0 spiro atoms. The van der Waals surface area contributed by atoms with Gasteiger partial charge in [-0.1, -0.05) is 25.0 Å². The monoisotopic (exact) mass is 755 g/mol. The van der Waals surface area contributed by atoms with E-state index in [-0.39, 0.29) is 19.4 Å². The highest BCUT2D eigenvalue weighted by Crippen LogP contribution is 2.46. The molecule has 1 aromatic carbocycles. The van der Waals surface area contributed by atoms with Crippen LogP contribution in [0.5, 0.6) is 11.6 Å². The summed E-state index contributed by atoms with van der Waals surface area (Å²) in [6, 6.07) is 5.10. The summed E-state index contributed by atoms with van der Waals surface area (Å²) in [6.07, 6.45) is 8.23. The Morgan fingerprint density at radius 3 is 2.58 bits per heavy atom. The van der Waals surface area contributed by atoms with E-state index in [1.165, 1.54) is 4.90 Å². The van der Waals surface area contributed by atoms with Crippen LogP contribution in [0.25, 0.3) is 10.8 Å². The Bertz CT molecular complexity index is 1890. The van der Waals surface area contributed by atoms with E-state index in [0.29, 0.717) is 49.1 Å². The topological polar surface area (TPSA) is 192 Å². The van der Waals surface area contributed by atoms with E-state index in [0.717, 1.165) is 18.2 Å². The molecular formula is C37H49N5O10S. The lowest BCUT2D eigenvalue weighted by atomic mass is 10.0. The molecule has 3 heterocycles. The summed E-state index contributed by atoms with van der Waals surface area (Å²) >= 11 is 0. The number of ether oxygens (including phenoxy) is 3. The van der Waals surface area contributed by atoms with Gasteiger partial charge in [0, 0.05) is 23.9 Å². The molecular weight excluding hydrogens is 706 g/mol. The van der Waals surface area contributed by atoms with Gasteiger partial charge < -0.3 is 29.7 Å². The largest absolute Gasteiger partial charge is 0.497 e. The molecule has 2 aromatic rings. The second-order valence-electron chi connectivity index (χ2n) is 15.6. The first kappa shape index (κ1) is 38.3. The van der Waals surface area contributed by atoms with Crippen molar-refractivity contribution in [2.45, 2.75) is 120 Å². The maximum absolute atomic E-state index is 14.4. The maximum atomic E-state index is 14.4. The zero-order valence-electron chi connectivity index (χ0n) is 30.8. The van der Waals surface area contributed by atoms with Crippen LogP contribution >= 0.6 is 0 Å². The number of carbonyl (C=O) groups is 4. The zero-order valence-corrected chi connectivity index (χ0v) is 31.6. The number of fused-ring (bicyclic) bond motifs is 3. The summed E-state index contributed by atoms with van der Waals surface area (Å²) < 4.78 is 50.2. The molecule has 16 heteroatoms. The number of hydrogen-bond donors (Lipinski definition) is 3. The lowest BCUT2D eigenvalue weighted by molar-refractivity contribution is -0.141. The summed E-state index contributed by atoms with van der Waals surface area (Å²) in [5.41, 5.74) is -3.27. The number of rotatable bonds is 8. The number of allylic oxidation sites excluding steroid dienone is 1. The van der Waals surface area contributed by atoms with Gasteiger partial charge in [-0.25, -0.2) is 18.7 Å². The Hall–Kier alpha value is -4.44. The lowest BCUT2D eigenvalue weighted by Crippen LogP contribution is -2.58. The molecule has 2 saturated carbocycles. The van der Waals surface area contributed by atoms with E-state index in [9.17, 15) is 27.6 Å². The molecule has 0 bridgehead atoms. The summed E-state index contributed by atoms with van der Waals surface area (Å²) in [5, 5.41) is 7.07. The minimum absolute atomic E-state index is 0.0268. The fourth-order valence-electron chi connectivity index (χ4n) is 6.87. The quantitative estimate of drug-likeness (QED) is 0.332. The number of amides is 4. The normalized spacial score (nSPS) is 27.9. The first-order valence-corrected chi connectivity index (χ1v) is 19.6. The van der Waals surface area contributed by atoms with Crippen molar-refractivity contribution in [3.8, 4) is 11.6 Å². The van der Waals surface area contributed by atoms with Crippen LogP contribution in [0, 0.1) is 5.92 Å². The number of methoxy groups -OCH3 is 1. The standard InChI is InChI=1S/C37H49N5O10S/c1-35(2,3)51-34(46)39-28-12-10-8-6-7-9-11-24-21-37(24,33(45)41-53(47,48)52-36(4)16-17-36)40-30(43)29-20-26(22-42(29)32(28)44)50-31-27-14-13-25(49-5)19-23(27)15-18-38-31/h9,11,13-15,18-19,24,26,28-29H,6-8,10,12,16-17,20-22H2,1-5H3,(H,39,46)(H,40,43)(H,41,45)/b11-9-/t24-,26+,28-,29-,37+/m0/s1. The average Bonchev–Trinajstić information content (AvgIpc) is 3.93. The number of carbonyl (C=O) groups excluding carboxylic acids is 4. The van der Waals surface area contributed by atoms with Crippen molar-refractivity contribution in [3.05, 3.63) is 42.6 Å². The molecule has 15 nitrogen and oxygen atoms in total. The van der Waals surface area contributed by atoms with Gasteiger partial charge in [0.25, 0.3) is 5.91 Å². The van der Waals surface area contributed by atoms with Crippen LogP contribution in [-0.2, 0) is 33.6 Å². The third-order valence-electron chi connectivity index (χ3n) is 10.0. The number of nitrogens with one attached hydrogen (secondary N) is 3. The number of benzene rings is 1. The molecule has 3 N–H and O–H groups in total. The van der Waals surface area contributed by atoms with Crippen molar-refractivity contribution >= 4 is 44.9 Å². The molecule has 5 atom stereocenters. The van der Waals surface area contributed by atoms with Crippen LogP contribution in [-0.4, -0.2) is 90.7 Å². The summed E-state index contributed by atoms with van der Waals surface area (Å²) in [7, 11) is -2.90. The second kappa shape index (κ2) is 14.8. The molecule has 4 aliphatic rings. The fourth-order valence-corrected chi connectivity index (χ4v) is 8.02. The molecule has 2 aliphatic heterocycles. The molecule has 6 rings (SSSR count). The molecule has 53 heavy (non-hydrogen) atoms. The molecule has 0 radical (unpaired) electrons. The van der Waals surface area contributed by atoms with E-state index in [4.69, 9.17) is 18.4 Å². The summed E-state index contributed by atoms with van der Waals surface area (Å²) in [6.45, 7) is 6.78. The average molecular weight is 756 g/mol. The van der Waals surface area contributed by atoms with Gasteiger partial charge in [-0.05, 0) is 95.9 Å². The number of aromatic nitrogens is 1. The van der Waals surface area contributed by atoms with Crippen LogP contribution in [0.4, 0.5) is 4.79 Å². The van der Waals surface area contributed by atoms with Crippen molar-refractivity contribution < 1.29 is 46.0 Å². The molecule has 3 fully saturated rings. The van der Waals surface area contributed by atoms with Gasteiger partial charge in [-0.15, -0.1) is 0 Å². The first-order chi connectivity index (χ1) is 25.0. The van der Waals surface area contributed by atoms with Crippen molar-refractivity contribution in [1.82, 2.24) is 25.2 Å². The Morgan fingerprint density at radius 2 is 1.87 bits per heavy atom. The fraction of sp³-hybridized carbons (Fsp3) is 0.595. The van der Waals surface area contributed by atoms with E-state index in [1.807, 2.05) is 35.1 Å². The Kier molecular flexibility index (Phi) is 10.7. The molecule has 2 aliphatic carbocycles. The molecule has 0 unspecified atom stereocenters. The smallest absolute Gasteiger partial charge is 0.408 e. The van der Waals surface area contributed by atoms with E-state index in [2.05, 4.69) is 15.6 Å². The summed E-state index contributed by atoms with van der Waals surface area (Å²) in [4.78, 5) is 61.3. The number of pyridine rings is 1. The van der Waals surface area contributed by atoms with Crippen LogP contribution in [0.15, 0.2) is 42.6 Å². The number of nitrogens with zero attached hydrogens (tertiary/aromatic N) is 2. The number of alkyl carbamates (subject to hydrolysis) is 1. The summed E-state index contributed by atoms with van der Waals surface area (Å²) in [5.74, 6) is -1.63. The van der Waals surface area contributed by atoms with E-state index < -0.39 is 75.0 Å². The van der Waals surface area contributed by atoms with E-state index in [1.54, 1.807) is 47.1 Å². The van der Waals surface area contributed by atoms with Crippen molar-refractivity contribution in [3.63, 3.8) is 0 Å². The highest BCUT2D eigenvalue weighted by Gasteiger charge is 2.62. The Labute approximate surface area is 309 Å². The third kappa shape index (κ3) is 9.21. The maximum Gasteiger partial charge on any atom is 0.408 e. The Morgan fingerprint density at radius 1 is 1.09 bits per heavy atom. The molecule has 1 aromatic heterocycles. The van der Waals surface area contributed by atoms with Gasteiger partial charge in [0.1, 0.15) is 35.1 Å².